The SMILES string of the molecule is Cc1ccc(-c2ccc3ccccc3n2)[nH]1. The molecule has 0 aliphatic heterocycles. The van der Waals surface area contributed by atoms with Gasteiger partial charge in [-0.25, -0.2) is 4.98 Å². The number of pyridine rings is 1. The summed E-state index contributed by atoms with van der Waals surface area (Å²) in [5.74, 6) is 0. The first-order valence-electron chi connectivity index (χ1n) is 5.35. The average molecular weight is 208 g/mol. The Hall–Kier alpha value is -2.09. The fraction of sp³-hybridized carbons (Fsp3) is 0.0714. The van der Waals surface area contributed by atoms with Crippen LogP contribution in [-0.4, -0.2) is 9.97 Å². The molecule has 0 spiro atoms. The molecule has 2 nitrogen and oxygen atoms in total. The maximum Gasteiger partial charge on any atom is 0.0872 e. The Morgan fingerprint density at radius 3 is 2.62 bits per heavy atom. The van der Waals surface area contributed by atoms with Gasteiger partial charge in [0.15, 0.2) is 0 Å². The Morgan fingerprint density at radius 1 is 0.938 bits per heavy atom. The van der Waals surface area contributed by atoms with Gasteiger partial charge in [-0.15, -0.1) is 0 Å². The zero-order valence-electron chi connectivity index (χ0n) is 9.07. The number of aromatic amines is 1. The van der Waals surface area contributed by atoms with Crippen molar-refractivity contribution in [2.24, 2.45) is 0 Å². The summed E-state index contributed by atoms with van der Waals surface area (Å²) in [6.07, 6.45) is 0. The van der Waals surface area contributed by atoms with Gasteiger partial charge in [0.2, 0.25) is 0 Å². The minimum atomic E-state index is 0.992. The molecule has 0 radical (unpaired) electrons. The van der Waals surface area contributed by atoms with Crippen LogP contribution >= 0.6 is 0 Å². The molecule has 3 rings (SSSR count). The number of fused-ring (bicyclic) bond motifs is 1. The van der Waals surface area contributed by atoms with Crippen molar-refractivity contribution >= 4 is 10.9 Å². The maximum atomic E-state index is 4.63. The predicted octanol–water partition coefficient (Wildman–Crippen LogP) is 3.54. The Morgan fingerprint density at radius 2 is 1.81 bits per heavy atom. The molecule has 3 aromatic rings. The first-order valence-corrected chi connectivity index (χ1v) is 5.35. The van der Waals surface area contributed by atoms with Gasteiger partial charge in [0.25, 0.3) is 0 Å². The van der Waals surface area contributed by atoms with E-state index in [1.807, 2.05) is 31.2 Å². The molecule has 2 heterocycles. The second-order valence-corrected chi connectivity index (χ2v) is 3.94. The lowest BCUT2D eigenvalue weighted by molar-refractivity contribution is 1.24. The summed E-state index contributed by atoms with van der Waals surface area (Å²) in [7, 11) is 0. The van der Waals surface area contributed by atoms with Crippen LogP contribution in [0.5, 0.6) is 0 Å². The molecule has 2 aromatic heterocycles. The van der Waals surface area contributed by atoms with Crippen LogP contribution in [0, 0.1) is 6.92 Å². The Labute approximate surface area is 94.0 Å². The lowest BCUT2D eigenvalue weighted by atomic mass is 10.2. The van der Waals surface area contributed by atoms with Crippen LogP contribution in [0.25, 0.3) is 22.3 Å². The quantitative estimate of drug-likeness (QED) is 0.651. The molecule has 0 unspecified atom stereocenters. The highest BCUT2D eigenvalue weighted by Crippen LogP contribution is 2.19. The molecule has 2 heteroatoms. The highest BCUT2D eigenvalue weighted by Gasteiger charge is 2.02. The van der Waals surface area contributed by atoms with E-state index in [4.69, 9.17) is 0 Å². The topological polar surface area (TPSA) is 28.7 Å². The van der Waals surface area contributed by atoms with Crippen molar-refractivity contribution < 1.29 is 0 Å². The third kappa shape index (κ3) is 1.48. The molecule has 0 atom stereocenters. The number of nitrogens with zero attached hydrogens (tertiary/aromatic N) is 1. The highest BCUT2D eigenvalue weighted by molar-refractivity contribution is 5.80. The molecule has 0 amide bonds. The maximum absolute atomic E-state index is 4.63. The largest absolute Gasteiger partial charge is 0.357 e. The van der Waals surface area contributed by atoms with Gasteiger partial charge in [-0.1, -0.05) is 24.3 Å². The normalized spacial score (nSPS) is 10.8. The lowest BCUT2D eigenvalue weighted by Crippen LogP contribution is -1.85. The van der Waals surface area contributed by atoms with E-state index in [0.29, 0.717) is 0 Å². The molecule has 0 aliphatic rings. The second-order valence-electron chi connectivity index (χ2n) is 3.94. The molecular weight excluding hydrogens is 196 g/mol. The number of aryl methyl sites for hydroxylation is 1. The lowest BCUT2D eigenvalue weighted by Gasteiger charge is -2.00. The number of benzene rings is 1. The van der Waals surface area contributed by atoms with Crippen LogP contribution in [0.4, 0.5) is 0 Å². The van der Waals surface area contributed by atoms with Gasteiger partial charge in [-0.3, -0.25) is 0 Å². The van der Waals surface area contributed by atoms with E-state index in [1.165, 1.54) is 5.39 Å². The molecule has 0 fully saturated rings. The van der Waals surface area contributed by atoms with E-state index in [0.717, 1.165) is 22.6 Å². The summed E-state index contributed by atoms with van der Waals surface area (Å²) in [5, 5.41) is 1.18. The van der Waals surface area contributed by atoms with Crippen LogP contribution in [0.2, 0.25) is 0 Å². The Balaban J connectivity index is 2.18. The summed E-state index contributed by atoms with van der Waals surface area (Å²) in [5.41, 5.74) is 4.26. The minimum absolute atomic E-state index is 0.992. The molecule has 78 valence electrons. The number of aromatic nitrogens is 2. The van der Waals surface area contributed by atoms with Gasteiger partial charge >= 0.3 is 0 Å². The van der Waals surface area contributed by atoms with Crippen LogP contribution < -0.4 is 0 Å². The highest BCUT2D eigenvalue weighted by atomic mass is 14.8. The van der Waals surface area contributed by atoms with Crippen molar-refractivity contribution in [3.8, 4) is 11.4 Å². The summed E-state index contributed by atoms with van der Waals surface area (Å²) < 4.78 is 0. The third-order valence-corrected chi connectivity index (χ3v) is 2.71. The van der Waals surface area contributed by atoms with Gasteiger partial charge in [0, 0.05) is 11.1 Å². The Bertz CT molecular complexity index is 638. The number of para-hydroxylation sites is 1. The fourth-order valence-electron chi connectivity index (χ4n) is 1.87. The number of rotatable bonds is 1. The first-order chi connectivity index (χ1) is 7.83. The molecule has 1 aromatic carbocycles. The van der Waals surface area contributed by atoms with Crippen LogP contribution in [-0.2, 0) is 0 Å². The van der Waals surface area contributed by atoms with Crippen molar-refractivity contribution in [3.05, 3.63) is 54.2 Å². The van der Waals surface area contributed by atoms with Gasteiger partial charge in [-0.05, 0) is 31.2 Å². The monoisotopic (exact) mass is 208 g/mol. The number of H-pyrrole nitrogens is 1. The van der Waals surface area contributed by atoms with Crippen molar-refractivity contribution in [2.75, 3.05) is 0 Å². The van der Waals surface area contributed by atoms with Crippen molar-refractivity contribution in [2.45, 2.75) is 6.92 Å². The molecule has 16 heavy (non-hydrogen) atoms. The van der Waals surface area contributed by atoms with E-state index in [1.54, 1.807) is 0 Å². The third-order valence-electron chi connectivity index (χ3n) is 2.71. The molecule has 0 bridgehead atoms. The summed E-state index contributed by atoms with van der Waals surface area (Å²) >= 11 is 0. The zero-order chi connectivity index (χ0) is 11.0. The molecule has 0 saturated carbocycles. The van der Waals surface area contributed by atoms with Crippen molar-refractivity contribution in [1.82, 2.24) is 9.97 Å². The van der Waals surface area contributed by atoms with Gasteiger partial charge < -0.3 is 4.98 Å². The van der Waals surface area contributed by atoms with Crippen molar-refractivity contribution in [3.63, 3.8) is 0 Å². The summed E-state index contributed by atoms with van der Waals surface area (Å²) in [6.45, 7) is 2.05. The number of hydrogen-bond acceptors (Lipinski definition) is 1. The number of nitrogens with one attached hydrogen (secondary N) is 1. The summed E-state index contributed by atoms with van der Waals surface area (Å²) in [6, 6.07) is 16.4. The van der Waals surface area contributed by atoms with Crippen molar-refractivity contribution in [1.29, 1.82) is 0 Å². The smallest absolute Gasteiger partial charge is 0.0872 e. The van der Waals surface area contributed by atoms with E-state index in [9.17, 15) is 0 Å². The van der Waals surface area contributed by atoms with Gasteiger partial charge in [0.1, 0.15) is 0 Å². The second kappa shape index (κ2) is 3.49. The molecule has 0 saturated heterocycles. The fourth-order valence-corrected chi connectivity index (χ4v) is 1.87. The number of hydrogen-bond donors (Lipinski definition) is 1. The van der Waals surface area contributed by atoms with Gasteiger partial charge in [0.05, 0.1) is 16.9 Å². The Kier molecular flexibility index (Phi) is 2.00. The minimum Gasteiger partial charge on any atom is -0.357 e. The molecule has 0 aliphatic carbocycles. The van der Waals surface area contributed by atoms with Crippen LogP contribution in [0.1, 0.15) is 5.69 Å². The van der Waals surface area contributed by atoms with E-state index in [-0.39, 0.29) is 0 Å². The van der Waals surface area contributed by atoms with E-state index >= 15 is 0 Å². The standard InChI is InChI=1S/C14H12N2/c1-10-6-8-13(15-10)14-9-7-11-4-2-3-5-12(11)16-14/h2-9,15H,1H3. The van der Waals surface area contributed by atoms with Gasteiger partial charge in [-0.2, -0.15) is 0 Å². The van der Waals surface area contributed by atoms with E-state index in [2.05, 4.69) is 34.2 Å². The molecular formula is C14H12N2. The zero-order valence-corrected chi connectivity index (χ0v) is 9.07. The van der Waals surface area contributed by atoms with Crippen LogP contribution in [0.3, 0.4) is 0 Å². The predicted molar refractivity (Wildman–Crippen MR) is 66.3 cm³/mol. The summed E-state index contributed by atoms with van der Waals surface area (Å²) in [4.78, 5) is 7.92. The average Bonchev–Trinajstić information content (AvgIpc) is 2.75. The molecule has 1 N–H and O–H groups in total. The van der Waals surface area contributed by atoms with E-state index < -0.39 is 0 Å². The first kappa shape index (κ1) is 9.16. The van der Waals surface area contributed by atoms with Crippen LogP contribution in [0.15, 0.2) is 48.5 Å².